The highest BCUT2D eigenvalue weighted by molar-refractivity contribution is 5.74. The Balaban J connectivity index is 2.24. The third kappa shape index (κ3) is 1.19. The van der Waals surface area contributed by atoms with E-state index in [9.17, 15) is 5.26 Å². The Labute approximate surface area is 94.2 Å². The minimum Gasteiger partial charge on any atom is -0.355 e. The van der Waals surface area contributed by atoms with Crippen LogP contribution >= 0.6 is 0 Å². The first kappa shape index (κ1) is 8.99. The van der Waals surface area contributed by atoms with Crippen molar-refractivity contribution >= 4 is 11.4 Å². The molecule has 2 aromatic carbocycles. The molecule has 0 atom stereocenters. The van der Waals surface area contributed by atoms with E-state index in [0.29, 0.717) is 0 Å². The van der Waals surface area contributed by atoms with Gasteiger partial charge >= 0.3 is 0 Å². The molecule has 0 fully saturated rings. The summed E-state index contributed by atoms with van der Waals surface area (Å²) >= 11 is 0. The summed E-state index contributed by atoms with van der Waals surface area (Å²) < 4.78 is 0. The third-order valence-electron chi connectivity index (χ3n) is 2.94. The summed E-state index contributed by atoms with van der Waals surface area (Å²) in [5.74, 6) is -0.159. The summed E-state index contributed by atoms with van der Waals surface area (Å²) in [5, 5.41) is 12.7. The predicted molar refractivity (Wildman–Crippen MR) is 63.6 cm³/mol. The first-order valence-electron chi connectivity index (χ1n) is 5.24. The molecule has 2 nitrogen and oxygen atoms in total. The van der Waals surface area contributed by atoms with Crippen molar-refractivity contribution in [2.75, 3.05) is 5.32 Å². The molecule has 1 heterocycles. The maximum atomic E-state index is 9.31. The molecule has 0 saturated heterocycles. The van der Waals surface area contributed by atoms with E-state index in [4.69, 9.17) is 0 Å². The van der Waals surface area contributed by atoms with Gasteiger partial charge in [-0.05, 0) is 23.3 Å². The second-order valence-corrected chi connectivity index (χ2v) is 3.86. The van der Waals surface area contributed by atoms with Gasteiger partial charge in [-0.3, -0.25) is 0 Å². The molecule has 0 radical (unpaired) electrons. The Hall–Kier alpha value is -2.27. The predicted octanol–water partition coefficient (Wildman–Crippen LogP) is 3.40. The monoisotopic (exact) mass is 206 g/mol. The standard InChI is InChI=1S/C14H10N2/c15-9-12-10-5-1-3-7-13(10)16-14-8-4-2-6-11(12)14/h1-8,12,16H. The zero-order valence-electron chi connectivity index (χ0n) is 8.64. The molecule has 0 aromatic heterocycles. The first-order valence-corrected chi connectivity index (χ1v) is 5.24. The number of nitriles is 1. The molecular weight excluding hydrogens is 196 g/mol. The lowest BCUT2D eigenvalue weighted by Gasteiger charge is -2.24. The van der Waals surface area contributed by atoms with Gasteiger partial charge in [-0.2, -0.15) is 5.26 Å². The highest BCUT2D eigenvalue weighted by Crippen LogP contribution is 2.40. The van der Waals surface area contributed by atoms with Crippen LogP contribution in [-0.2, 0) is 0 Å². The Bertz CT molecular complexity index is 536. The zero-order chi connectivity index (χ0) is 11.0. The van der Waals surface area contributed by atoms with Crippen LogP contribution in [0.4, 0.5) is 11.4 Å². The number of benzene rings is 2. The maximum Gasteiger partial charge on any atom is 0.100 e. The van der Waals surface area contributed by atoms with Gasteiger partial charge in [0.05, 0.1) is 6.07 Å². The van der Waals surface area contributed by atoms with Crippen LogP contribution in [0.2, 0.25) is 0 Å². The van der Waals surface area contributed by atoms with Gasteiger partial charge in [0.15, 0.2) is 0 Å². The minimum atomic E-state index is -0.159. The summed E-state index contributed by atoms with van der Waals surface area (Å²) in [7, 11) is 0. The average molecular weight is 206 g/mol. The van der Waals surface area contributed by atoms with E-state index in [-0.39, 0.29) is 5.92 Å². The number of nitrogens with one attached hydrogen (secondary N) is 1. The van der Waals surface area contributed by atoms with Crippen molar-refractivity contribution in [2.45, 2.75) is 5.92 Å². The third-order valence-corrected chi connectivity index (χ3v) is 2.94. The lowest BCUT2D eigenvalue weighted by Crippen LogP contribution is -2.11. The zero-order valence-corrected chi connectivity index (χ0v) is 8.64. The van der Waals surface area contributed by atoms with Crippen molar-refractivity contribution in [3.63, 3.8) is 0 Å². The fourth-order valence-electron chi connectivity index (χ4n) is 2.18. The highest BCUT2D eigenvalue weighted by atomic mass is 14.9. The maximum absolute atomic E-state index is 9.31. The van der Waals surface area contributed by atoms with Crippen LogP contribution in [0.3, 0.4) is 0 Å². The molecule has 1 aliphatic heterocycles. The molecule has 1 N–H and O–H groups in total. The van der Waals surface area contributed by atoms with Crippen molar-refractivity contribution in [2.24, 2.45) is 0 Å². The molecule has 0 saturated carbocycles. The number of para-hydroxylation sites is 2. The molecule has 2 heteroatoms. The summed E-state index contributed by atoms with van der Waals surface area (Å²) in [6.45, 7) is 0. The van der Waals surface area contributed by atoms with Crippen LogP contribution in [-0.4, -0.2) is 0 Å². The van der Waals surface area contributed by atoms with Crippen molar-refractivity contribution in [1.82, 2.24) is 0 Å². The SMILES string of the molecule is N#CC1c2ccccc2Nc2ccccc21. The molecule has 0 unspecified atom stereocenters. The fraction of sp³-hybridized carbons (Fsp3) is 0.0714. The van der Waals surface area contributed by atoms with E-state index in [2.05, 4.69) is 11.4 Å². The van der Waals surface area contributed by atoms with Crippen LogP contribution in [0, 0.1) is 11.3 Å². The van der Waals surface area contributed by atoms with E-state index in [0.717, 1.165) is 22.5 Å². The molecular formula is C14H10N2. The fourth-order valence-corrected chi connectivity index (χ4v) is 2.18. The van der Waals surface area contributed by atoms with Gasteiger partial charge in [0.1, 0.15) is 5.92 Å². The van der Waals surface area contributed by atoms with Crippen molar-refractivity contribution in [1.29, 1.82) is 5.26 Å². The normalized spacial score (nSPS) is 13.2. The molecule has 0 bridgehead atoms. The van der Waals surface area contributed by atoms with Gasteiger partial charge in [-0.15, -0.1) is 0 Å². The van der Waals surface area contributed by atoms with Crippen molar-refractivity contribution in [3.05, 3.63) is 59.7 Å². The number of rotatable bonds is 0. The van der Waals surface area contributed by atoms with Gasteiger partial charge in [0.2, 0.25) is 0 Å². The molecule has 16 heavy (non-hydrogen) atoms. The summed E-state index contributed by atoms with van der Waals surface area (Å²) in [6.07, 6.45) is 0. The summed E-state index contributed by atoms with van der Waals surface area (Å²) in [4.78, 5) is 0. The molecule has 3 rings (SSSR count). The van der Waals surface area contributed by atoms with Crippen LogP contribution in [0.1, 0.15) is 17.0 Å². The summed E-state index contributed by atoms with van der Waals surface area (Å²) in [6, 6.07) is 18.3. The van der Waals surface area contributed by atoms with Crippen molar-refractivity contribution in [3.8, 4) is 6.07 Å². The molecule has 0 spiro atoms. The Morgan fingerprint density at radius 1 is 0.875 bits per heavy atom. The lowest BCUT2D eigenvalue weighted by molar-refractivity contribution is 1.02. The lowest BCUT2D eigenvalue weighted by atomic mass is 9.87. The molecule has 1 aliphatic rings. The molecule has 0 amide bonds. The van der Waals surface area contributed by atoms with Gasteiger partial charge in [-0.25, -0.2) is 0 Å². The number of anilines is 2. The quantitative estimate of drug-likeness (QED) is 0.717. The number of hydrogen-bond donors (Lipinski definition) is 1. The van der Waals surface area contributed by atoms with E-state index in [1.165, 1.54) is 0 Å². The van der Waals surface area contributed by atoms with E-state index < -0.39 is 0 Å². The highest BCUT2D eigenvalue weighted by Gasteiger charge is 2.24. The van der Waals surface area contributed by atoms with Gasteiger partial charge in [0.25, 0.3) is 0 Å². The summed E-state index contributed by atoms with van der Waals surface area (Å²) in [5.41, 5.74) is 4.19. The van der Waals surface area contributed by atoms with Crippen LogP contribution in [0.25, 0.3) is 0 Å². The second kappa shape index (κ2) is 3.39. The van der Waals surface area contributed by atoms with Gasteiger partial charge < -0.3 is 5.32 Å². The average Bonchev–Trinajstić information content (AvgIpc) is 2.36. The topological polar surface area (TPSA) is 35.8 Å². The van der Waals surface area contributed by atoms with Gasteiger partial charge in [0, 0.05) is 11.4 Å². The van der Waals surface area contributed by atoms with Crippen LogP contribution in [0.15, 0.2) is 48.5 Å². The number of hydrogen-bond acceptors (Lipinski definition) is 2. The van der Waals surface area contributed by atoms with E-state index in [1.54, 1.807) is 0 Å². The minimum absolute atomic E-state index is 0.159. The molecule has 76 valence electrons. The van der Waals surface area contributed by atoms with E-state index >= 15 is 0 Å². The first-order chi connectivity index (χ1) is 7.90. The van der Waals surface area contributed by atoms with E-state index in [1.807, 2.05) is 48.5 Å². The van der Waals surface area contributed by atoms with Crippen molar-refractivity contribution < 1.29 is 0 Å². The number of nitrogens with zero attached hydrogens (tertiary/aromatic N) is 1. The molecule has 0 aliphatic carbocycles. The Morgan fingerprint density at radius 3 is 1.88 bits per heavy atom. The number of fused-ring (bicyclic) bond motifs is 2. The Morgan fingerprint density at radius 2 is 1.38 bits per heavy atom. The Kier molecular flexibility index (Phi) is 1.91. The molecule has 2 aromatic rings. The van der Waals surface area contributed by atoms with Gasteiger partial charge in [-0.1, -0.05) is 36.4 Å². The van der Waals surface area contributed by atoms with Crippen LogP contribution < -0.4 is 5.32 Å². The smallest absolute Gasteiger partial charge is 0.100 e. The van der Waals surface area contributed by atoms with Crippen LogP contribution in [0.5, 0.6) is 0 Å². The largest absolute Gasteiger partial charge is 0.355 e. The second-order valence-electron chi connectivity index (χ2n) is 3.86.